The van der Waals surface area contributed by atoms with Crippen molar-refractivity contribution < 1.29 is 13.2 Å². The Labute approximate surface area is 117 Å². The largest absolute Gasteiger partial charge is 0.338 e. The van der Waals surface area contributed by atoms with Crippen LogP contribution in [0.15, 0.2) is 29.7 Å². The lowest BCUT2D eigenvalue weighted by atomic mass is 10.2. The van der Waals surface area contributed by atoms with Crippen molar-refractivity contribution in [3.8, 4) is 0 Å². The molecular weight excluding hydrogens is 282 g/mol. The van der Waals surface area contributed by atoms with E-state index in [1.54, 1.807) is 17.9 Å². The molecule has 0 aliphatic carbocycles. The van der Waals surface area contributed by atoms with Crippen LogP contribution in [0.3, 0.4) is 0 Å². The van der Waals surface area contributed by atoms with E-state index in [9.17, 15) is 13.2 Å². The van der Waals surface area contributed by atoms with Crippen molar-refractivity contribution in [3.63, 3.8) is 0 Å². The van der Waals surface area contributed by atoms with Gasteiger partial charge < -0.3 is 4.90 Å². The first-order chi connectivity index (χ1) is 9.04. The van der Waals surface area contributed by atoms with Gasteiger partial charge in [0.05, 0.1) is 11.0 Å². The van der Waals surface area contributed by atoms with Crippen LogP contribution in [0.4, 0.5) is 0 Å². The third-order valence-electron chi connectivity index (χ3n) is 3.22. The molecule has 1 aromatic heterocycles. The Bertz CT molecular complexity index is 561. The number of sulfone groups is 1. The molecule has 0 spiro atoms. The summed E-state index contributed by atoms with van der Waals surface area (Å²) in [5.41, 5.74) is 0. The molecule has 2 heterocycles. The molecule has 1 aromatic rings. The molecule has 1 amide bonds. The van der Waals surface area contributed by atoms with Crippen LogP contribution in [0.1, 0.15) is 23.5 Å². The minimum atomic E-state index is -3.17. The Kier molecular flexibility index (Phi) is 4.42. The number of carbonyl (C=O) groups is 1. The van der Waals surface area contributed by atoms with Crippen LogP contribution in [0.2, 0.25) is 0 Å². The number of allylic oxidation sites excluding steroid dienone is 1. The molecule has 6 heteroatoms. The maximum Gasteiger partial charge on any atom is 0.246 e. The molecule has 0 bridgehead atoms. The van der Waals surface area contributed by atoms with Crippen LogP contribution in [0, 0.1) is 0 Å². The van der Waals surface area contributed by atoms with E-state index in [4.69, 9.17) is 0 Å². The molecule has 0 saturated carbocycles. The minimum Gasteiger partial charge on any atom is -0.338 e. The average Bonchev–Trinajstić information content (AvgIpc) is 2.81. The molecule has 1 aliphatic rings. The van der Waals surface area contributed by atoms with Gasteiger partial charge in [-0.1, -0.05) is 12.1 Å². The zero-order valence-electron chi connectivity index (χ0n) is 10.8. The number of rotatable bonds is 2. The molecule has 0 aromatic carbocycles. The molecule has 0 radical (unpaired) electrons. The second-order valence-electron chi connectivity index (χ2n) is 4.49. The van der Waals surface area contributed by atoms with Gasteiger partial charge in [0.2, 0.25) is 5.91 Å². The van der Waals surface area contributed by atoms with Gasteiger partial charge in [0, 0.05) is 18.0 Å². The Hall–Kier alpha value is -1.14. The molecule has 0 unspecified atom stereocenters. The molecule has 19 heavy (non-hydrogen) atoms. The summed E-state index contributed by atoms with van der Waals surface area (Å²) in [6.45, 7) is 2.55. The Morgan fingerprint density at radius 3 is 2.89 bits per heavy atom. The highest BCUT2D eigenvalue weighted by atomic mass is 32.2. The third-order valence-corrected chi connectivity index (χ3v) is 6.47. The summed E-state index contributed by atoms with van der Waals surface area (Å²) in [6.07, 6.45) is 3.64. The van der Waals surface area contributed by atoms with Crippen molar-refractivity contribution in [1.82, 2.24) is 4.90 Å². The van der Waals surface area contributed by atoms with Gasteiger partial charge >= 0.3 is 0 Å². The summed E-state index contributed by atoms with van der Waals surface area (Å²) in [5.74, 6) is -0.0664. The lowest BCUT2D eigenvalue weighted by molar-refractivity contribution is -0.125. The Morgan fingerprint density at radius 2 is 2.26 bits per heavy atom. The van der Waals surface area contributed by atoms with Gasteiger partial charge in [-0.2, -0.15) is 0 Å². The first-order valence-corrected chi connectivity index (χ1v) is 8.80. The van der Waals surface area contributed by atoms with Crippen molar-refractivity contribution in [2.24, 2.45) is 0 Å². The first-order valence-electron chi connectivity index (χ1n) is 6.21. The van der Waals surface area contributed by atoms with Crippen molar-refractivity contribution in [2.45, 2.75) is 18.6 Å². The second-order valence-corrected chi connectivity index (χ2v) is 7.77. The van der Waals surface area contributed by atoms with Crippen LogP contribution < -0.4 is 0 Å². The van der Waals surface area contributed by atoms with Crippen molar-refractivity contribution in [3.05, 3.63) is 34.5 Å². The van der Waals surface area contributed by atoms with Crippen LogP contribution in [-0.4, -0.2) is 38.1 Å². The van der Waals surface area contributed by atoms with E-state index in [0.29, 0.717) is 13.0 Å². The summed E-state index contributed by atoms with van der Waals surface area (Å²) in [5, 5.41) is 1.43. The number of amides is 1. The summed E-state index contributed by atoms with van der Waals surface area (Å²) in [7, 11) is -3.17. The van der Waals surface area contributed by atoms with Crippen LogP contribution >= 0.6 is 11.3 Å². The normalized spacial score (nSPS) is 23.4. The Balaban J connectivity index is 2.19. The standard InChI is InChI=1S/C13H17NO3S2/c1-2-4-13(15)14-7-6-12(11-5-3-9-18-11)19(16,17)10-8-14/h2-5,9,12H,6-8,10H2,1H3/b4-2+/t12-/m0/s1. The van der Waals surface area contributed by atoms with Crippen molar-refractivity contribution >= 4 is 27.1 Å². The SMILES string of the molecule is C/C=C/C(=O)N1CC[C@@H](c2cccs2)S(=O)(=O)CC1. The highest BCUT2D eigenvalue weighted by Gasteiger charge is 2.32. The van der Waals surface area contributed by atoms with Gasteiger partial charge in [-0.3, -0.25) is 4.79 Å². The van der Waals surface area contributed by atoms with Gasteiger partial charge in [-0.25, -0.2) is 8.42 Å². The van der Waals surface area contributed by atoms with E-state index < -0.39 is 15.1 Å². The van der Waals surface area contributed by atoms with Crippen molar-refractivity contribution in [2.75, 3.05) is 18.8 Å². The lowest BCUT2D eigenvalue weighted by Gasteiger charge is -2.17. The molecule has 4 nitrogen and oxygen atoms in total. The number of nitrogens with zero attached hydrogens (tertiary/aromatic N) is 1. The fraction of sp³-hybridized carbons (Fsp3) is 0.462. The molecule has 104 valence electrons. The van der Waals surface area contributed by atoms with Gasteiger partial charge in [0.25, 0.3) is 0 Å². The fourth-order valence-corrected chi connectivity index (χ4v) is 5.21. The topological polar surface area (TPSA) is 54.5 Å². The Morgan fingerprint density at radius 1 is 1.47 bits per heavy atom. The zero-order valence-corrected chi connectivity index (χ0v) is 12.4. The van der Waals surface area contributed by atoms with Gasteiger partial charge in [-0.05, 0) is 30.9 Å². The average molecular weight is 299 g/mol. The van der Waals surface area contributed by atoms with Crippen molar-refractivity contribution in [1.29, 1.82) is 0 Å². The maximum absolute atomic E-state index is 12.3. The van der Waals surface area contributed by atoms with Gasteiger partial charge in [0.15, 0.2) is 9.84 Å². The maximum atomic E-state index is 12.3. The lowest BCUT2D eigenvalue weighted by Crippen LogP contribution is -2.32. The predicted octanol–water partition coefficient (Wildman–Crippen LogP) is 2.01. The van der Waals surface area contributed by atoms with E-state index in [2.05, 4.69) is 0 Å². The highest BCUT2D eigenvalue weighted by Crippen LogP contribution is 2.32. The number of hydrogen-bond donors (Lipinski definition) is 0. The van der Waals surface area contributed by atoms with Gasteiger partial charge in [-0.15, -0.1) is 11.3 Å². The number of carbonyl (C=O) groups excluding carboxylic acids is 1. The van der Waals surface area contributed by atoms with Crippen LogP contribution in [-0.2, 0) is 14.6 Å². The fourth-order valence-electron chi connectivity index (χ4n) is 2.21. The molecule has 1 atom stereocenters. The smallest absolute Gasteiger partial charge is 0.246 e. The van der Waals surface area contributed by atoms with Gasteiger partial charge in [0.1, 0.15) is 0 Å². The summed E-state index contributed by atoms with van der Waals surface area (Å²) < 4.78 is 24.6. The molecule has 1 aliphatic heterocycles. The zero-order chi connectivity index (χ0) is 13.9. The molecular formula is C13H17NO3S2. The van der Waals surface area contributed by atoms with Crippen LogP contribution in [0.25, 0.3) is 0 Å². The number of thiophene rings is 1. The quantitative estimate of drug-likeness (QED) is 0.785. The summed E-state index contributed by atoms with van der Waals surface area (Å²) >= 11 is 1.46. The second kappa shape index (κ2) is 5.88. The third kappa shape index (κ3) is 3.25. The first kappa shape index (κ1) is 14.3. The number of hydrogen-bond acceptors (Lipinski definition) is 4. The molecule has 2 rings (SSSR count). The molecule has 0 N–H and O–H groups in total. The van der Waals surface area contributed by atoms with E-state index in [1.807, 2.05) is 17.5 Å². The highest BCUT2D eigenvalue weighted by molar-refractivity contribution is 7.91. The van der Waals surface area contributed by atoms with Crippen LogP contribution in [0.5, 0.6) is 0 Å². The summed E-state index contributed by atoms with van der Waals surface area (Å²) in [6, 6.07) is 3.72. The summed E-state index contributed by atoms with van der Waals surface area (Å²) in [4.78, 5) is 14.3. The molecule has 1 saturated heterocycles. The predicted molar refractivity (Wildman–Crippen MR) is 76.9 cm³/mol. The minimum absolute atomic E-state index is 0.0405. The molecule has 1 fully saturated rings. The monoisotopic (exact) mass is 299 g/mol. The van der Waals surface area contributed by atoms with E-state index >= 15 is 0 Å². The van der Waals surface area contributed by atoms with E-state index in [0.717, 1.165) is 4.88 Å². The van der Waals surface area contributed by atoms with E-state index in [1.165, 1.54) is 17.4 Å². The van der Waals surface area contributed by atoms with E-state index in [-0.39, 0.29) is 18.2 Å².